The Hall–Kier alpha value is 0.177. The van der Waals surface area contributed by atoms with Gasteiger partial charge in [0.15, 0.2) is 0 Å². The maximum Gasteiger partial charge on any atom is 0.0779 e. The van der Waals surface area contributed by atoms with Gasteiger partial charge in [0.1, 0.15) is 0 Å². The third kappa shape index (κ3) is 6.86. The molecule has 0 bridgehead atoms. The minimum atomic E-state index is -0.449. The Kier molecular flexibility index (Phi) is 7.92. The highest BCUT2D eigenvalue weighted by molar-refractivity contribution is 6.57. The molecule has 1 N–H and O–H groups in total. The summed E-state index contributed by atoms with van der Waals surface area (Å²) in [4.78, 5) is 0. The highest BCUT2D eigenvalue weighted by atomic mass is 28.3. The van der Waals surface area contributed by atoms with Crippen molar-refractivity contribution in [3.63, 3.8) is 0 Å². The van der Waals surface area contributed by atoms with E-state index in [2.05, 4.69) is 20.0 Å². The fourth-order valence-corrected chi connectivity index (χ4v) is 2.01. The summed E-state index contributed by atoms with van der Waals surface area (Å²) < 4.78 is 0. The van der Waals surface area contributed by atoms with Crippen LogP contribution in [0.15, 0.2) is 0 Å². The van der Waals surface area contributed by atoms with E-state index in [-0.39, 0.29) is 5.73 Å². The molecule has 1 radical (unpaired) electrons. The SMILES string of the molecule is CCCCCCCC(O)[Si](C)C. The van der Waals surface area contributed by atoms with Gasteiger partial charge in [0.2, 0.25) is 0 Å². The third-order valence-electron chi connectivity index (χ3n) is 2.25. The van der Waals surface area contributed by atoms with Crippen LogP contribution < -0.4 is 0 Å². The van der Waals surface area contributed by atoms with Crippen molar-refractivity contribution in [1.82, 2.24) is 0 Å². The van der Waals surface area contributed by atoms with Crippen molar-refractivity contribution >= 4 is 8.80 Å². The summed E-state index contributed by atoms with van der Waals surface area (Å²) in [6, 6.07) is 0. The molecule has 0 saturated heterocycles. The minimum absolute atomic E-state index is 0.0247. The molecule has 0 spiro atoms. The van der Waals surface area contributed by atoms with Crippen LogP contribution in [0.25, 0.3) is 0 Å². The fourth-order valence-electron chi connectivity index (χ4n) is 1.23. The standard InChI is InChI=1S/C10H23OSi/c1-4-5-6-7-8-9-10(11)12(2)3/h10-11H,4-9H2,1-3H3. The topological polar surface area (TPSA) is 20.2 Å². The van der Waals surface area contributed by atoms with E-state index in [0.29, 0.717) is 0 Å². The first kappa shape index (κ1) is 12.2. The third-order valence-corrected chi connectivity index (χ3v) is 3.87. The molecule has 0 amide bonds. The predicted molar refractivity (Wildman–Crippen MR) is 56.9 cm³/mol. The maximum absolute atomic E-state index is 9.53. The van der Waals surface area contributed by atoms with Gasteiger partial charge in [0.05, 0.1) is 8.80 Å². The Morgan fingerprint density at radius 3 is 2.17 bits per heavy atom. The molecule has 0 aliphatic heterocycles. The van der Waals surface area contributed by atoms with Gasteiger partial charge in [-0.2, -0.15) is 0 Å². The summed E-state index contributed by atoms with van der Waals surface area (Å²) in [6.07, 6.45) is 7.56. The van der Waals surface area contributed by atoms with Crippen LogP contribution in [-0.4, -0.2) is 19.6 Å². The van der Waals surface area contributed by atoms with E-state index in [1.54, 1.807) is 0 Å². The van der Waals surface area contributed by atoms with Crippen LogP contribution >= 0.6 is 0 Å². The second kappa shape index (κ2) is 7.81. The van der Waals surface area contributed by atoms with E-state index >= 15 is 0 Å². The number of hydrogen-bond donors (Lipinski definition) is 1. The second-order valence-corrected chi connectivity index (χ2v) is 6.62. The Labute approximate surface area is 78.8 Å². The van der Waals surface area contributed by atoms with Crippen LogP contribution in [0.3, 0.4) is 0 Å². The minimum Gasteiger partial charge on any atom is -0.397 e. The normalized spacial score (nSPS) is 13.8. The van der Waals surface area contributed by atoms with Crippen LogP contribution in [0.1, 0.15) is 45.4 Å². The first-order valence-electron chi connectivity index (χ1n) is 5.16. The summed E-state index contributed by atoms with van der Waals surface area (Å²) in [6.45, 7) is 6.59. The molecule has 0 aliphatic rings. The van der Waals surface area contributed by atoms with Gasteiger partial charge in [-0.15, -0.1) is 0 Å². The molecule has 0 saturated carbocycles. The summed E-state index contributed by atoms with van der Waals surface area (Å²) in [5.74, 6) is 0. The van der Waals surface area contributed by atoms with Gasteiger partial charge in [-0.25, -0.2) is 0 Å². The van der Waals surface area contributed by atoms with E-state index < -0.39 is 8.80 Å². The van der Waals surface area contributed by atoms with E-state index in [1.165, 1.54) is 32.1 Å². The summed E-state index contributed by atoms with van der Waals surface area (Å²) in [5, 5.41) is 9.53. The average molecular weight is 187 g/mol. The van der Waals surface area contributed by atoms with Crippen molar-refractivity contribution in [2.75, 3.05) is 0 Å². The molecule has 0 heterocycles. The molecular formula is C10H23OSi. The van der Waals surface area contributed by atoms with E-state index in [1.807, 2.05) is 0 Å². The zero-order valence-electron chi connectivity index (χ0n) is 8.77. The molecule has 1 unspecified atom stereocenters. The number of aliphatic hydroxyl groups excluding tert-OH is 1. The largest absolute Gasteiger partial charge is 0.397 e. The van der Waals surface area contributed by atoms with Crippen LogP contribution in [0.5, 0.6) is 0 Å². The predicted octanol–water partition coefficient (Wildman–Crippen LogP) is 3.00. The van der Waals surface area contributed by atoms with E-state index in [9.17, 15) is 5.11 Å². The molecule has 12 heavy (non-hydrogen) atoms. The van der Waals surface area contributed by atoms with Gasteiger partial charge >= 0.3 is 0 Å². The highest BCUT2D eigenvalue weighted by Gasteiger charge is 2.09. The van der Waals surface area contributed by atoms with Crippen molar-refractivity contribution in [3.8, 4) is 0 Å². The number of rotatable bonds is 7. The van der Waals surface area contributed by atoms with Crippen molar-refractivity contribution in [1.29, 1.82) is 0 Å². The summed E-state index contributed by atoms with van der Waals surface area (Å²) in [5.41, 5.74) is 0.0247. The Bertz CT molecular complexity index is 93.8. The lowest BCUT2D eigenvalue weighted by molar-refractivity contribution is 0.232. The number of hydrogen-bond acceptors (Lipinski definition) is 1. The molecule has 0 aliphatic carbocycles. The maximum atomic E-state index is 9.53. The molecule has 1 nitrogen and oxygen atoms in total. The van der Waals surface area contributed by atoms with Crippen LogP contribution in [0.4, 0.5) is 0 Å². The van der Waals surface area contributed by atoms with Crippen LogP contribution in [-0.2, 0) is 0 Å². The van der Waals surface area contributed by atoms with Crippen LogP contribution in [0.2, 0.25) is 13.1 Å². The van der Waals surface area contributed by atoms with Gasteiger partial charge in [0, 0.05) is 5.73 Å². The van der Waals surface area contributed by atoms with E-state index in [4.69, 9.17) is 0 Å². The fraction of sp³-hybridized carbons (Fsp3) is 1.00. The van der Waals surface area contributed by atoms with Crippen molar-refractivity contribution in [2.45, 2.75) is 64.3 Å². The van der Waals surface area contributed by atoms with Crippen molar-refractivity contribution < 1.29 is 5.11 Å². The summed E-state index contributed by atoms with van der Waals surface area (Å²) >= 11 is 0. The highest BCUT2D eigenvalue weighted by Crippen LogP contribution is 2.08. The molecule has 73 valence electrons. The monoisotopic (exact) mass is 187 g/mol. The lowest BCUT2D eigenvalue weighted by Crippen LogP contribution is -2.23. The molecule has 0 rings (SSSR count). The zero-order chi connectivity index (χ0) is 9.40. The first-order chi connectivity index (χ1) is 5.68. The number of unbranched alkanes of at least 4 members (excludes halogenated alkanes) is 4. The Morgan fingerprint density at radius 1 is 1.08 bits per heavy atom. The lowest BCUT2D eigenvalue weighted by atomic mass is 10.1. The second-order valence-electron chi connectivity index (χ2n) is 3.80. The van der Waals surface area contributed by atoms with Gasteiger partial charge in [-0.1, -0.05) is 52.1 Å². The average Bonchev–Trinajstić information content (AvgIpc) is 2.03. The quantitative estimate of drug-likeness (QED) is 0.480. The summed E-state index contributed by atoms with van der Waals surface area (Å²) in [7, 11) is -0.449. The van der Waals surface area contributed by atoms with Crippen molar-refractivity contribution in [2.24, 2.45) is 0 Å². The zero-order valence-corrected chi connectivity index (χ0v) is 9.77. The smallest absolute Gasteiger partial charge is 0.0779 e. The van der Waals surface area contributed by atoms with Gasteiger partial charge in [-0.05, 0) is 6.42 Å². The molecule has 0 aromatic heterocycles. The van der Waals surface area contributed by atoms with Gasteiger partial charge in [-0.3, -0.25) is 0 Å². The molecule has 0 aromatic carbocycles. The Morgan fingerprint density at radius 2 is 1.67 bits per heavy atom. The first-order valence-corrected chi connectivity index (χ1v) is 7.74. The molecule has 0 fully saturated rings. The molecule has 0 aromatic rings. The van der Waals surface area contributed by atoms with E-state index in [0.717, 1.165) is 6.42 Å². The number of aliphatic hydroxyl groups is 1. The van der Waals surface area contributed by atoms with Crippen LogP contribution in [0, 0.1) is 0 Å². The van der Waals surface area contributed by atoms with Gasteiger partial charge in [0.25, 0.3) is 0 Å². The lowest BCUT2D eigenvalue weighted by Gasteiger charge is -2.12. The molecule has 1 atom stereocenters. The van der Waals surface area contributed by atoms with Crippen molar-refractivity contribution in [3.05, 3.63) is 0 Å². The Balaban J connectivity index is 3.08. The molecular weight excluding hydrogens is 164 g/mol. The molecule has 2 heteroatoms. The van der Waals surface area contributed by atoms with Gasteiger partial charge < -0.3 is 5.11 Å².